The highest BCUT2D eigenvalue weighted by Crippen LogP contribution is 2.47. The molecule has 2 saturated heterocycles. The van der Waals surface area contributed by atoms with E-state index in [0.29, 0.717) is 23.7 Å². The van der Waals surface area contributed by atoms with Gasteiger partial charge in [0.05, 0.1) is 23.9 Å². The summed E-state index contributed by atoms with van der Waals surface area (Å²) < 4.78 is 26.1. The normalized spacial score (nSPS) is 43.6. The van der Waals surface area contributed by atoms with Gasteiger partial charge in [0, 0.05) is 11.8 Å². The Morgan fingerprint density at radius 2 is 1.17 bits per heavy atom. The van der Waals surface area contributed by atoms with E-state index >= 15 is 0 Å². The molecule has 0 aromatic rings. The van der Waals surface area contributed by atoms with Gasteiger partial charge in [-0.25, -0.2) is 0 Å². The zero-order valence-electron chi connectivity index (χ0n) is 21.8. The number of ether oxygens (including phenoxy) is 4. The summed E-state index contributed by atoms with van der Waals surface area (Å²) in [6.45, 7) is 26.9. The Bertz CT molecular complexity index is 530. The van der Waals surface area contributed by atoms with Crippen LogP contribution in [0.25, 0.3) is 0 Å². The van der Waals surface area contributed by atoms with E-state index in [1.807, 2.05) is 0 Å². The fourth-order valence-corrected chi connectivity index (χ4v) is 5.58. The molecule has 2 heterocycles. The van der Waals surface area contributed by atoms with E-state index in [9.17, 15) is 0 Å². The molecular weight excluding hydrogens is 376 g/mol. The van der Waals surface area contributed by atoms with Gasteiger partial charge in [0.1, 0.15) is 0 Å². The van der Waals surface area contributed by atoms with Gasteiger partial charge in [0.15, 0.2) is 12.6 Å². The molecule has 2 aliphatic rings. The lowest BCUT2D eigenvalue weighted by Crippen LogP contribution is -2.57. The Hall–Kier alpha value is -0.160. The monoisotopic (exact) mass is 426 g/mol. The van der Waals surface area contributed by atoms with Crippen LogP contribution in [-0.4, -0.2) is 36.5 Å². The molecule has 4 heteroatoms. The summed E-state index contributed by atoms with van der Waals surface area (Å²) in [5.74, 6) is 2.02. The molecule has 10 atom stereocenters. The Morgan fingerprint density at radius 3 is 1.63 bits per heavy atom. The maximum Gasteiger partial charge on any atom is 0.161 e. The third-order valence-corrected chi connectivity index (χ3v) is 7.55. The van der Waals surface area contributed by atoms with Crippen molar-refractivity contribution in [3.05, 3.63) is 0 Å². The largest absolute Gasteiger partial charge is 0.349 e. The molecule has 10 unspecified atom stereocenters. The molecule has 30 heavy (non-hydrogen) atoms. The zero-order valence-corrected chi connectivity index (χ0v) is 21.8. The topological polar surface area (TPSA) is 36.9 Å². The number of hydrogen-bond acceptors (Lipinski definition) is 4. The molecule has 2 rings (SSSR count). The van der Waals surface area contributed by atoms with Crippen LogP contribution in [0.5, 0.6) is 0 Å². The number of rotatable bonds is 5. The van der Waals surface area contributed by atoms with Gasteiger partial charge in [-0.15, -0.1) is 0 Å². The third kappa shape index (κ3) is 5.79. The molecule has 0 N–H and O–H groups in total. The van der Waals surface area contributed by atoms with Crippen LogP contribution in [0.3, 0.4) is 0 Å². The molecule has 0 aromatic carbocycles. The highest BCUT2D eigenvalue weighted by Gasteiger charge is 2.49. The Kier molecular flexibility index (Phi) is 8.50. The van der Waals surface area contributed by atoms with Crippen molar-refractivity contribution in [3.8, 4) is 0 Å². The molecule has 0 radical (unpaired) electrons. The molecule has 2 aliphatic heterocycles. The lowest BCUT2D eigenvalue weighted by atomic mass is 9.65. The SMILES string of the molecule is CCC1OC(OC(C)(C)C)C(C)C(C)C1OC1OC(CC)C(C(C)(C)C)C(C)C1C. The first-order valence-corrected chi connectivity index (χ1v) is 12.3. The molecule has 0 aromatic heterocycles. The van der Waals surface area contributed by atoms with E-state index in [1.54, 1.807) is 0 Å². The minimum absolute atomic E-state index is 0.0214. The second-order valence-electron chi connectivity index (χ2n) is 12.1. The van der Waals surface area contributed by atoms with E-state index in [2.05, 4.69) is 83.1 Å². The van der Waals surface area contributed by atoms with Gasteiger partial charge in [-0.3, -0.25) is 0 Å². The van der Waals surface area contributed by atoms with Gasteiger partial charge in [0.2, 0.25) is 0 Å². The van der Waals surface area contributed by atoms with Gasteiger partial charge in [-0.1, -0.05) is 62.3 Å². The Morgan fingerprint density at radius 1 is 0.667 bits per heavy atom. The van der Waals surface area contributed by atoms with Crippen LogP contribution in [-0.2, 0) is 18.9 Å². The van der Waals surface area contributed by atoms with E-state index in [-0.39, 0.29) is 47.8 Å². The van der Waals surface area contributed by atoms with Crippen LogP contribution in [0, 0.1) is 35.0 Å². The van der Waals surface area contributed by atoms with Crippen molar-refractivity contribution in [2.45, 2.75) is 132 Å². The smallest absolute Gasteiger partial charge is 0.161 e. The molecule has 0 saturated carbocycles. The summed E-state index contributed by atoms with van der Waals surface area (Å²) >= 11 is 0. The summed E-state index contributed by atoms with van der Waals surface area (Å²) in [4.78, 5) is 0. The van der Waals surface area contributed by atoms with Gasteiger partial charge >= 0.3 is 0 Å². The zero-order chi connectivity index (χ0) is 23.0. The Balaban J connectivity index is 2.18. The van der Waals surface area contributed by atoms with E-state index in [4.69, 9.17) is 18.9 Å². The lowest BCUT2D eigenvalue weighted by Gasteiger charge is -2.52. The van der Waals surface area contributed by atoms with E-state index in [1.165, 1.54) is 0 Å². The van der Waals surface area contributed by atoms with Crippen LogP contribution in [0.15, 0.2) is 0 Å². The first-order chi connectivity index (χ1) is 13.7. The average Bonchev–Trinajstić information content (AvgIpc) is 2.62. The summed E-state index contributed by atoms with van der Waals surface area (Å²) in [5, 5.41) is 0. The second-order valence-corrected chi connectivity index (χ2v) is 12.1. The van der Waals surface area contributed by atoms with Crippen molar-refractivity contribution in [1.29, 1.82) is 0 Å². The van der Waals surface area contributed by atoms with Crippen LogP contribution in [0.2, 0.25) is 0 Å². The van der Waals surface area contributed by atoms with Gasteiger partial charge in [0.25, 0.3) is 0 Å². The summed E-state index contributed by atoms with van der Waals surface area (Å²) in [6, 6.07) is 0. The van der Waals surface area contributed by atoms with Crippen molar-refractivity contribution >= 4 is 0 Å². The van der Waals surface area contributed by atoms with Gasteiger partial charge in [-0.05, 0) is 56.8 Å². The quantitative estimate of drug-likeness (QED) is 0.492. The van der Waals surface area contributed by atoms with Crippen LogP contribution >= 0.6 is 0 Å². The summed E-state index contributed by atoms with van der Waals surface area (Å²) in [5.41, 5.74) is -0.00404. The molecule has 0 bridgehead atoms. The molecular formula is C26H50O4. The summed E-state index contributed by atoms with van der Waals surface area (Å²) in [7, 11) is 0. The van der Waals surface area contributed by atoms with Crippen molar-refractivity contribution in [2.24, 2.45) is 35.0 Å². The van der Waals surface area contributed by atoms with Crippen molar-refractivity contribution in [1.82, 2.24) is 0 Å². The van der Waals surface area contributed by atoms with Crippen molar-refractivity contribution in [3.63, 3.8) is 0 Å². The fraction of sp³-hybridized carbons (Fsp3) is 1.00. The minimum Gasteiger partial charge on any atom is -0.349 e. The average molecular weight is 427 g/mol. The van der Waals surface area contributed by atoms with Crippen LogP contribution < -0.4 is 0 Å². The fourth-order valence-electron chi connectivity index (χ4n) is 5.58. The first-order valence-electron chi connectivity index (χ1n) is 12.3. The van der Waals surface area contributed by atoms with Crippen molar-refractivity contribution in [2.75, 3.05) is 0 Å². The van der Waals surface area contributed by atoms with E-state index < -0.39 is 0 Å². The highest BCUT2D eigenvalue weighted by molar-refractivity contribution is 4.93. The molecule has 0 aliphatic carbocycles. The predicted octanol–water partition coefficient (Wildman–Crippen LogP) is 6.66. The maximum atomic E-state index is 6.77. The molecule has 0 amide bonds. The van der Waals surface area contributed by atoms with Crippen LogP contribution in [0.1, 0.15) is 95.9 Å². The first kappa shape index (κ1) is 26.1. The van der Waals surface area contributed by atoms with Crippen molar-refractivity contribution < 1.29 is 18.9 Å². The highest BCUT2D eigenvalue weighted by atomic mass is 16.7. The molecule has 178 valence electrons. The van der Waals surface area contributed by atoms with Crippen LogP contribution in [0.4, 0.5) is 0 Å². The van der Waals surface area contributed by atoms with E-state index in [0.717, 1.165) is 12.8 Å². The molecule has 2 fully saturated rings. The molecule has 4 nitrogen and oxygen atoms in total. The lowest BCUT2D eigenvalue weighted by molar-refractivity contribution is -0.337. The standard InChI is InChI=1S/C26H50O4/c1-13-19-21(25(7,8)9)15(3)17(5)23(27-19)29-22-16(4)18(6)24(28-20(22)14-2)30-26(10,11)12/h15-24H,13-14H2,1-12H3. The summed E-state index contributed by atoms with van der Waals surface area (Å²) in [6.07, 6.45) is 1.83. The predicted molar refractivity (Wildman–Crippen MR) is 123 cm³/mol. The Labute approximate surface area is 186 Å². The maximum absolute atomic E-state index is 6.77. The van der Waals surface area contributed by atoms with Gasteiger partial charge in [-0.2, -0.15) is 0 Å². The third-order valence-electron chi connectivity index (χ3n) is 7.55. The second kappa shape index (κ2) is 9.77. The number of hydrogen-bond donors (Lipinski definition) is 0. The molecule has 0 spiro atoms. The minimum atomic E-state index is -0.225. The van der Waals surface area contributed by atoms with Gasteiger partial charge < -0.3 is 18.9 Å².